The summed E-state index contributed by atoms with van der Waals surface area (Å²) in [7, 11) is 1.84. The van der Waals surface area contributed by atoms with Crippen LogP contribution in [-0.4, -0.2) is 34.9 Å². The van der Waals surface area contributed by atoms with Crippen LogP contribution in [0.1, 0.15) is 58.4 Å². The highest BCUT2D eigenvalue weighted by molar-refractivity contribution is 9.10. The summed E-state index contributed by atoms with van der Waals surface area (Å²) in [6, 6.07) is 6.01. The lowest BCUT2D eigenvalue weighted by molar-refractivity contribution is -0.135. The van der Waals surface area contributed by atoms with Crippen LogP contribution in [0.3, 0.4) is 0 Å². The number of amides is 1. The molecule has 1 aliphatic carbocycles. The zero-order chi connectivity index (χ0) is 20.3. The van der Waals surface area contributed by atoms with Crippen molar-refractivity contribution in [3.63, 3.8) is 0 Å². The number of hydrogen-bond donors (Lipinski definition) is 0. The standard InChI is InChI=1S/C22H29BrN2O2S/c1-20(2,3)14-8-10-21(11-9-14)13-22(18(26)25(4)19(24-22)28-5)16-12-15(23)6-7-17(16)27-21/h6-7,12,14H,8-11,13H2,1-5H3. The molecule has 0 N–H and O–H groups in total. The second-order valence-corrected chi connectivity index (χ2v) is 11.3. The monoisotopic (exact) mass is 464 g/mol. The van der Waals surface area contributed by atoms with Gasteiger partial charge in [0, 0.05) is 23.5 Å². The maximum Gasteiger partial charge on any atom is 0.261 e. The van der Waals surface area contributed by atoms with Crippen LogP contribution in [0.5, 0.6) is 5.75 Å². The Morgan fingerprint density at radius 2 is 1.96 bits per heavy atom. The van der Waals surface area contributed by atoms with E-state index in [-0.39, 0.29) is 11.5 Å². The molecule has 1 fully saturated rings. The molecule has 2 heterocycles. The van der Waals surface area contributed by atoms with Crippen LogP contribution in [0.2, 0.25) is 0 Å². The summed E-state index contributed by atoms with van der Waals surface area (Å²) < 4.78 is 7.60. The SMILES string of the molecule is CSC1=NC2(CC3(CCC(C(C)(C)C)CC3)Oc3ccc(Br)cc32)C(=O)N1C. The van der Waals surface area contributed by atoms with Crippen molar-refractivity contribution in [2.45, 2.75) is 64.0 Å². The van der Waals surface area contributed by atoms with Gasteiger partial charge in [-0.25, -0.2) is 4.99 Å². The first-order valence-corrected chi connectivity index (χ1v) is 12.0. The van der Waals surface area contributed by atoms with E-state index in [1.54, 1.807) is 4.90 Å². The average molecular weight is 465 g/mol. The molecule has 1 saturated carbocycles. The second-order valence-electron chi connectivity index (χ2n) is 9.57. The van der Waals surface area contributed by atoms with Crippen LogP contribution in [0.25, 0.3) is 0 Å². The predicted molar refractivity (Wildman–Crippen MR) is 119 cm³/mol. The van der Waals surface area contributed by atoms with Crippen molar-refractivity contribution in [2.24, 2.45) is 16.3 Å². The van der Waals surface area contributed by atoms with E-state index in [2.05, 4.69) is 36.7 Å². The van der Waals surface area contributed by atoms with Gasteiger partial charge in [0.15, 0.2) is 10.7 Å². The minimum atomic E-state index is -0.862. The Morgan fingerprint density at radius 3 is 2.54 bits per heavy atom. The minimum Gasteiger partial charge on any atom is -0.487 e. The van der Waals surface area contributed by atoms with Gasteiger partial charge in [-0.1, -0.05) is 48.5 Å². The molecular formula is C22H29BrN2O2S. The van der Waals surface area contributed by atoms with Gasteiger partial charge in [-0.15, -0.1) is 0 Å². The Hall–Kier alpha value is -1.01. The first-order chi connectivity index (χ1) is 13.1. The van der Waals surface area contributed by atoms with Gasteiger partial charge in [0.2, 0.25) is 0 Å². The van der Waals surface area contributed by atoms with E-state index in [1.807, 2.05) is 31.5 Å². The number of thioether (sulfide) groups is 1. The highest BCUT2D eigenvalue weighted by Gasteiger charge is 2.58. The summed E-state index contributed by atoms with van der Waals surface area (Å²) >= 11 is 5.10. The number of hydrogen-bond acceptors (Lipinski definition) is 4. The average Bonchev–Trinajstić information content (AvgIpc) is 2.87. The molecule has 0 saturated heterocycles. The Labute approximate surface area is 180 Å². The maximum atomic E-state index is 13.5. The highest BCUT2D eigenvalue weighted by atomic mass is 79.9. The predicted octanol–water partition coefficient (Wildman–Crippen LogP) is 5.59. The van der Waals surface area contributed by atoms with Crippen molar-refractivity contribution < 1.29 is 9.53 Å². The molecule has 2 aliphatic heterocycles. The van der Waals surface area contributed by atoms with E-state index in [1.165, 1.54) is 11.8 Å². The molecule has 0 radical (unpaired) electrons. The van der Waals surface area contributed by atoms with E-state index in [9.17, 15) is 4.79 Å². The van der Waals surface area contributed by atoms with E-state index in [0.29, 0.717) is 17.8 Å². The first-order valence-electron chi connectivity index (χ1n) is 10.0. The molecule has 4 nitrogen and oxygen atoms in total. The lowest BCUT2D eigenvalue weighted by atomic mass is 9.64. The number of nitrogens with zero attached hydrogens (tertiary/aromatic N) is 2. The van der Waals surface area contributed by atoms with Crippen LogP contribution in [0.4, 0.5) is 0 Å². The number of halogens is 1. The third-order valence-corrected chi connectivity index (χ3v) is 8.05. The topological polar surface area (TPSA) is 41.9 Å². The van der Waals surface area contributed by atoms with Crippen LogP contribution >= 0.6 is 27.7 Å². The summed E-state index contributed by atoms with van der Waals surface area (Å²) in [5.74, 6) is 1.57. The minimum absolute atomic E-state index is 0.0665. The molecule has 1 atom stereocenters. The fourth-order valence-electron chi connectivity index (χ4n) is 5.16. The summed E-state index contributed by atoms with van der Waals surface area (Å²) in [5.41, 5.74) is 0.0334. The summed E-state index contributed by atoms with van der Waals surface area (Å²) in [6.45, 7) is 6.99. The number of aliphatic imine (C=N–C) groups is 1. The summed E-state index contributed by atoms with van der Waals surface area (Å²) in [5, 5.41) is 0.788. The first kappa shape index (κ1) is 20.3. The van der Waals surface area contributed by atoms with Gasteiger partial charge in [-0.05, 0) is 61.5 Å². The number of fused-ring (bicyclic) bond motifs is 2. The molecule has 3 aliphatic rings. The normalized spacial score (nSPS) is 32.5. The van der Waals surface area contributed by atoms with Crippen LogP contribution < -0.4 is 4.74 Å². The van der Waals surface area contributed by atoms with E-state index in [0.717, 1.165) is 46.6 Å². The number of rotatable bonds is 0. The zero-order valence-corrected chi connectivity index (χ0v) is 19.7. The molecule has 0 aromatic heterocycles. The smallest absolute Gasteiger partial charge is 0.261 e. The van der Waals surface area contributed by atoms with Crippen molar-refractivity contribution in [2.75, 3.05) is 13.3 Å². The Morgan fingerprint density at radius 1 is 1.29 bits per heavy atom. The second kappa shape index (κ2) is 6.76. The largest absolute Gasteiger partial charge is 0.487 e. The third kappa shape index (κ3) is 3.11. The number of carbonyl (C=O) groups is 1. The van der Waals surface area contributed by atoms with Crippen molar-refractivity contribution in [1.29, 1.82) is 0 Å². The maximum absolute atomic E-state index is 13.5. The van der Waals surface area contributed by atoms with E-state index >= 15 is 0 Å². The molecule has 6 heteroatoms. The molecule has 0 bridgehead atoms. The molecular weight excluding hydrogens is 436 g/mol. The van der Waals surface area contributed by atoms with Gasteiger partial charge >= 0.3 is 0 Å². The molecule has 2 spiro atoms. The number of likely N-dealkylation sites (N-methyl/N-ethyl adjacent to an activating group) is 1. The summed E-state index contributed by atoms with van der Waals surface area (Å²) in [4.78, 5) is 20.2. The molecule has 1 aromatic rings. The van der Waals surface area contributed by atoms with E-state index < -0.39 is 5.54 Å². The van der Waals surface area contributed by atoms with Crippen LogP contribution in [0, 0.1) is 11.3 Å². The Balaban J connectivity index is 1.77. The van der Waals surface area contributed by atoms with Crippen molar-refractivity contribution in [3.05, 3.63) is 28.2 Å². The number of amidine groups is 1. The summed E-state index contributed by atoms with van der Waals surface area (Å²) in [6.07, 6.45) is 6.84. The van der Waals surface area contributed by atoms with Gasteiger partial charge in [0.25, 0.3) is 5.91 Å². The number of benzene rings is 1. The highest BCUT2D eigenvalue weighted by Crippen LogP contribution is 2.55. The van der Waals surface area contributed by atoms with Gasteiger partial charge in [0.1, 0.15) is 11.4 Å². The van der Waals surface area contributed by atoms with Gasteiger partial charge in [0.05, 0.1) is 0 Å². The van der Waals surface area contributed by atoms with Crippen molar-refractivity contribution >= 4 is 38.8 Å². The zero-order valence-electron chi connectivity index (χ0n) is 17.3. The third-order valence-electron chi connectivity index (χ3n) is 6.83. The molecule has 1 aromatic carbocycles. The number of carbonyl (C=O) groups excluding carboxylic acids is 1. The fraction of sp³-hybridized carbons (Fsp3) is 0.636. The molecule has 1 amide bonds. The quantitative estimate of drug-likeness (QED) is 0.502. The fourth-order valence-corrected chi connectivity index (χ4v) is 6.12. The Bertz CT molecular complexity index is 839. The van der Waals surface area contributed by atoms with Crippen molar-refractivity contribution in [3.8, 4) is 5.75 Å². The lowest BCUT2D eigenvalue weighted by Crippen LogP contribution is -2.53. The van der Waals surface area contributed by atoms with E-state index in [4.69, 9.17) is 9.73 Å². The van der Waals surface area contributed by atoms with Crippen LogP contribution in [0.15, 0.2) is 27.7 Å². The lowest BCUT2D eigenvalue weighted by Gasteiger charge is -2.49. The molecule has 152 valence electrons. The number of ether oxygens (including phenoxy) is 1. The molecule has 4 rings (SSSR count). The molecule has 28 heavy (non-hydrogen) atoms. The van der Waals surface area contributed by atoms with Crippen molar-refractivity contribution in [1.82, 2.24) is 4.90 Å². The van der Waals surface area contributed by atoms with Gasteiger partial charge < -0.3 is 4.74 Å². The van der Waals surface area contributed by atoms with Gasteiger partial charge in [-0.2, -0.15) is 0 Å². The molecule has 1 unspecified atom stereocenters. The Kier molecular flexibility index (Phi) is 4.90. The van der Waals surface area contributed by atoms with Crippen LogP contribution in [-0.2, 0) is 10.3 Å². The van der Waals surface area contributed by atoms with Gasteiger partial charge in [-0.3, -0.25) is 9.69 Å².